The van der Waals surface area contributed by atoms with Gasteiger partial charge in [0.1, 0.15) is 11.2 Å². The Balaban J connectivity index is 1.60. The topological polar surface area (TPSA) is 88.9 Å². The molecule has 0 aliphatic carbocycles. The third kappa shape index (κ3) is 1.87. The molecule has 28 heavy (non-hydrogen) atoms. The van der Waals surface area contributed by atoms with E-state index in [1.54, 1.807) is 10.9 Å². The average molecular weight is 387 g/mol. The Bertz CT molecular complexity index is 1270. The Labute approximate surface area is 163 Å². The number of nitrogens with one attached hydrogen (secondary N) is 2. The van der Waals surface area contributed by atoms with Crippen LogP contribution >= 0.6 is 11.3 Å². The van der Waals surface area contributed by atoms with E-state index in [4.69, 9.17) is 0 Å². The van der Waals surface area contributed by atoms with Crippen molar-refractivity contribution in [1.82, 2.24) is 14.8 Å². The van der Waals surface area contributed by atoms with Crippen LogP contribution in [0.15, 0.2) is 54.7 Å². The van der Waals surface area contributed by atoms with Crippen LogP contribution in [-0.4, -0.2) is 26.6 Å². The number of aromatic nitrogens is 3. The Kier molecular flexibility index (Phi) is 2.92. The van der Waals surface area contributed by atoms with Crippen LogP contribution in [0, 0.1) is 0 Å². The number of rotatable bonds is 1. The van der Waals surface area contributed by atoms with Crippen molar-refractivity contribution in [3.63, 3.8) is 0 Å². The second kappa shape index (κ2) is 5.26. The second-order valence-corrected chi connectivity index (χ2v) is 7.92. The molecule has 2 aliphatic rings. The molecule has 1 unspecified atom stereocenters. The standard InChI is InChI=1S/C20H13N5O2S/c26-16-9-20(11-5-1-2-6-13(11)22-18(20)27)12-10-21-25(17(12)24-16)19-23-14-7-3-4-8-15(14)28-19/h1-8,10H,9H2,(H,22,27)(H,24,26). The molecule has 7 nitrogen and oxygen atoms in total. The van der Waals surface area contributed by atoms with Gasteiger partial charge in [0.15, 0.2) is 0 Å². The summed E-state index contributed by atoms with van der Waals surface area (Å²) in [7, 11) is 0. The normalized spacial score (nSPS) is 20.1. The lowest BCUT2D eigenvalue weighted by Gasteiger charge is -2.31. The molecule has 0 radical (unpaired) electrons. The summed E-state index contributed by atoms with van der Waals surface area (Å²) in [5.74, 6) is 0.0815. The van der Waals surface area contributed by atoms with Gasteiger partial charge >= 0.3 is 0 Å². The number of carbonyl (C=O) groups is 2. The van der Waals surface area contributed by atoms with Crippen LogP contribution < -0.4 is 10.6 Å². The Hall–Kier alpha value is -3.52. The minimum Gasteiger partial charge on any atom is -0.325 e. The molecule has 0 bridgehead atoms. The van der Waals surface area contributed by atoms with Crippen LogP contribution in [0.5, 0.6) is 0 Å². The summed E-state index contributed by atoms with van der Waals surface area (Å²) in [4.78, 5) is 30.3. The van der Waals surface area contributed by atoms with Crippen molar-refractivity contribution in [2.75, 3.05) is 10.6 Å². The number of fused-ring (bicyclic) bond motifs is 5. The lowest BCUT2D eigenvalue weighted by Crippen LogP contribution is -2.43. The van der Waals surface area contributed by atoms with Crippen LogP contribution in [-0.2, 0) is 15.0 Å². The molecule has 1 spiro atoms. The van der Waals surface area contributed by atoms with Gasteiger partial charge in [-0.25, -0.2) is 4.98 Å². The molecule has 2 N–H and O–H groups in total. The van der Waals surface area contributed by atoms with Crippen LogP contribution in [0.1, 0.15) is 17.5 Å². The molecule has 136 valence electrons. The summed E-state index contributed by atoms with van der Waals surface area (Å²) >= 11 is 1.48. The quantitative estimate of drug-likeness (QED) is 0.525. The fourth-order valence-corrected chi connectivity index (χ4v) is 5.08. The highest BCUT2D eigenvalue weighted by molar-refractivity contribution is 7.20. The maximum Gasteiger partial charge on any atom is 0.240 e. The lowest BCUT2D eigenvalue weighted by atomic mass is 9.72. The highest BCUT2D eigenvalue weighted by Gasteiger charge is 2.54. The van der Waals surface area contributed by atoms with Gasteiger partial charge in [-0.05, 0) is 23.8 Å². The van der Waals surface area contributed by atoms with Crippen molar-refractivity contribution >= 4 is 44.9 Å². The molecule has 8 heteroatoms. The number of anilines is 2. The predicted octanol–water partition coefficient (Wildman–Crippen LogP) is 3.06. The van der Waals surface area contributed by atoms with Crippen molar-refractivity contribution in [2.45, 2.75) is 11.8 Å². The second-order valence-electron chi connectivity index (χ2n) is 6.91. The van der Waals surface area contributed by atoms with E-state index in [9.17, 15) is 9.59 Å². The van der Waals surface area contributed by atoms with Crippen molar-refractivity contribution in [3.8, 4) is 5.13 Å². The smallest absolute Gasteiger partial charge is 0.240 e. The van der Waals surface area contributed by atoms with Gasteiger partial charge in [0, 0.05) is 17.7 Å². The minimum absolute atomic E-state index is 0.0500. The zero-order valence-corrected chi connectivity index (χ0v) is 15.3. The largest absolute Gasteiger partial charge is 0.325 e. The minimum atomic E-state index is -1.07. The van der Waals surface area contributed by atoms with E-state index in [2.05, 4.69) is 20.7 Å². The summed E-state index contributed by atoms with van der Waals surface area (Å²) < 4.78 is 2.65. The van der Waals surface area contributed by atoms with Gasteiger partial charge in [-0.15, -0.1) is 0 Å². The first-order valence-electron chi connectivity index (χ1n) is 8.82. The number of hydrogen-bond donors (Lipinski definition) is 2. The van der Waals surface area contributed by atoms with E-state index in [-0.39, 0.29) is 18.2 Å². The molecule has 2 amide bonds. The van der Waals surface area contributed by atoms with E-state index >= 15 is 0 Å². The molecule has 0 fully saturated rings. The Morgan fingerprint density at radius 3 is 2.71 bits per heavy atom. The molecule has 2 aliphatic heterocycles. The van der Waals surface area contributed by atoms with Gasteiger partial charge in [0.25, 0.3) is 0 Å². The molecule has 2 aromatic heterocycles. The average Bonchev–Trinajstić information content (AvgIpc) is 3.37. The third-order valence-corrected chi connectivity index (χ3v) is 6.41. The van der Waals surface area contributed by atoms with Crippen molar-refractivity contribution in [1.29, 1.82) is 0 Å². The van der Waals surface area contributed by atoms with Crippen LogP contribution in [0.4, 0.5) is 11.5 Å². The Morgan fingerprint density at radius 2 is 1.82 bits per heavy atom. The first-order valence-corrected chi connectivity index (χ1v) is 9.64. The molecular weight excluding hydrogens is 374 g/mol. The van der Waals surface area contributed by atoms with Crippen LogP contribution in [0.2, 0.25) is 0 Å². The molecule has 6 rings (SSSR count). The first-order chi connectivity index (χ1) is 13.7. The number of carbonyl (C=O) groups excluding carboxylic acids is 2. The van der Waals surface area contributed by atoms with Crippen molar-refractivity contribution in [2.24, 2.45) is 0 Å². The van der Waals surface area contributed by atoms with Crippen molar-refractivity contribution in [3.05, 3.63) is 65.9 Å². The first kappa shape index (κ1) is 15.5. The van der Waals surface area contributed by atoms with E-state index < -0.39 is 5.41 Å². The summed E-state index contributed by atoms with van der Waals surface area (Å²) in [5, 5.41) is 11.0. The van der Waals surface area contributed by atoms with Crippen molar-refractivity contribution < 1.29 is 9.59 Å². The molecular formula is C20H13N5O2S. The zero-order chi connectivity index (χ0) is 18.9. The molecule has 2 aromatic carbocycles. The number of benzene rings is 2. The molecule has 0 saturated heterocycles. The van der Waals surface area contributed by atoms with Gasteiger partial charge < -0.3 is 10.6 Å². The van der Waals surface area contributed by atoms with Gasteiger partial charge in [0.05, 0.1) is 16.4 Å². The van der Waals surface area contributed by atoms with Gasteiger partial charge in [-0.1, -0.05) is 41.7 Å². The third-order valence-electron chi connectivity index (χ3n) is 5.40. The predicted molar refractivity (Wildman–Crippen MR) is 106 cm³/mol. The molecule has 1 atom stereocenters. The number of nitrogens with zero attached hydrogens (tertiary/aromatic N) is 3. The fourth-order valence-electron chi connectivity index (χ4n) is 4.15. The summed E-state index contributed by atoms with van der Waals surface area (Å²) in [6, 6.07) is 15.3. The van der Waals surface area contributed by atoms with E-state index in [1.807, 2.05) is 48.5 Å². The summed E-state index contributed by atoms with van der Waals surface area (Å²) in [6.07, 6.45) is 1.72. The number of thiazole rings is 1. The number of amides is 2. The zero-order valence-electron chi connectivity index (χ0n) is 14.5. The van der Waals surface area contributed by atoms with Gasteiger partial charge in [-0.2, -0.15) is 9.78 Å². The van der Waals surface area contributed by atoms with Gasteiger partial charge in [-0.3, -0.25) is 9.59 Å². The van der Waals surface area contributed by atoms with E-state index in [0.717, 1.165) is 21.5 Å². The number of hydrogen-bond acceptors (Lipinski definition) is 5. The van der Waals surface area contributed by atoms with Gasteiger partial charge in [0.2, 0.25) is 16.9 Å². The monoisotopic (exact) mass is 387 g/mol. The highest BCUT2D eigenvalue weighted by Crippen LogP contribution is 2.50. The lowest BCUT2D eigenvalue weighted by molar-refractivity contribution is -0.125. The maximum absolute atomic E-state index is 13.1. The fraction of sp³-hybridized carbons (Fsp3) is 0.100. The summed E-state index contributed by atoms with van der Waals surface area (Å²) in [5.41, 5.74) is 2.03. The summed E-state index contributed by atoms with van der Waals surface area (Å²) in [6.45, 7) is 0. The Morgan fingerprint density at radius 1 is 1.00 bits per heavy atom. The van der Waals surface area contributed by atoms with E-state index in [1.165, 1.54) is 11.3 Å². The number of para-hydroxylation sites is 2. The maximum atomic E-state index is 13.1. The highest BCUT2D eigenvalue weighted by atomic mass is 32.1. The molecule has 4 heterocycles. The molecule has 0 saturated carbocycles. The van der Waals surface area contributed by atoms with E-state index in [0.29, 0.717) is 16.5 Å². The van der Waals surface area contributed by atoms with Crippen LogP contribution in [0.3, 0.4) is 0 Å². The van der Waals surface area contributed by atoms with Crippen LogP contribution in [0.25, 0.3) is 15.3 Å². The molecule has 4 aromatic rings. The SMILES string of the molecule is O=C1CC2(C(=O)Nc3ccccc32)c2cnn(-c3nc4ccccc4s3)c2N1.